The van der Waals surface area contributed by atoms with Gasteiger partial charge in [0.2, 0.25) is 0 Å². The van der Waals surface area contributed by atoms with Crippen molar-refractivity contribution in [2.45, 2.75) is 75.5 Å². The molecule has 2 N–H and O–H groups in total. The number of carbonyl (C=O) groups is 1. The van der Waals surface area contributed by atoms with Gasteiger partial charge >= 0.3 is 145 Å². The number of hydrogen-bond donors (Lipinski definition) is 2. The summed E-state index contributed by atoms with van der Waals surface area (Å²) < 4.78 is 9.32. The summed E-state index contributed by atoms with van der Waals surface area (Å²) in [5.41, 5.74) is 0.0917. The molecule has 5 heteroatoms. The van der Waals surface area contributed by atoms with E-state index >= 15 is 0 Å². The van der Waals surface area contributed by atoms with E-state index in [9.17, 15) is 4.79 Å². The molecule has 0 amide bonds. The maximum atomic E-state index is 13.0. The van der Waals surface area contributed by atoms with Crippen LogP contribution in [0.4, 0.5) is 0 Å². The van der Waals surface area contributed by atoms with Crippen LogP contribution in [0.3, 0.4) is 0 Å². The van der Waals surface area contributed by atoms with Crippen LogP contribution in [-0.2, 0) is 9.53 Å². The molecule has 128 valence electrons. The Bertz CT molecular complexity index is 491. The number of esters is 1. The van der Waals surface area contributed by atoms with Gasteiger partial charge in [0.25, 0.3) is 0 Å². The zero-order chi connectivity index (χ0) is 16.4. The van der Waals surface area contributed by atoms with Crippen LogP contribution in [0.25, 0.3) is 0 Å². The number of rotatable bonds is 5. The molecule has 0 aromatic rings. The van der Waals surface area contributed by atoms with Gasteiger partial charge < -0.3 is 0 Å². The normalized spacial score (nSPS) is 46.9. The quantitative estimate of drug-likeness (QED) is 0.156. The molecule has 1 saturated heterocycles. The molecule has 5 atom stereocenters. The molecule has 4 nitrogen and oxygen atoms in total. The molecule has 22 heavy (non-hydrogen) atoms. The van der Waals surface area contributed by atoms with Crippen LogP contribution in [-0.4, -0.2) is 28.2 Å². The van der Waals surface area contributed by atoms with Crippen molar-refractivity contribution in [2.24, 2.45) is 16.7 Å². The van der Waals surface area contributed by atoms with Crippen LogP contribution in [0.15, 0.2) is 0 Å². The molecule has 2 saturated carbocycles. The Balaban J connectivity index is 1.86. The number of likely N-dealkylation sites (N-methyl/N-ethyl adjacent to an activating group) is 1. The van der Waals surface area contributed by atoms with Crippen molar-refractivity contribution in [3.63, 3.8) is 0 Å². The van der Waals surface area contributed by atoms with Gasteiger partial charge in [0.05, 0.1) is 0 Å². The first-order valence-electron chi connectivity index (χ1n) is 8.52. The van der Waals surface area contributed by atoms with E-state index in [4.69, 9.17) is 4.74 Å². The van der Waals surface area contributed by atoms with Gasteiger partial charge in [-0.2, -0.15) is 0 Å². The van der Waals surface area contributed by atoms with Crippen molar-refractivity contribution in [2.75, 3.05) is 7.05 Å². The summed E-state index contributed by atoms with van der Waals surface area (Å²) in [7, 11) is 1.92. The Labute approximate surface area is 145 Å². The first-order chi connectivity index (χ1) is 10.2. The molecule has 0 spiro atoms. The van der Waals surface area contributed by atoms with Gasteiger partial charge in [-0.3, -0.25) is 0 Å². The summed E-state index contributed by atoms with van der Waals surface area (Å²) in [6, 6.07) is 0.140. The fourth-order valence-corrected chi connectivity index (χ4v) is 7.16. The second kappa shape index (κ2) is 5.06. The number of alkyl halides is 1. The Morgan fingerprint density at radius 3 is 2.45 bits per heavy atom. The fraction of sp³-hybridized carbons (Fsp3) is 0.941. The summed E-state index contributed by atoms with van der Waals surface area (Å²) in [5.74, 6) is 0.679. The third-order valence-corrected chi connectivity index (χ3v) is 10.6. The predicted molar refractivity (Wildman–Crippen MR) is 82.7 cm³/mol. The fourth-order valence-electron chi connectivity index (χ4n) is 5.07. The summed E-state index contributed by atoms with van der Waals surface area (Å²) >= 11 is -0.286. The topological polar surface area (TPSA) is 60.3 Å². The molecule has 2 aliphatic carbocycles. The molecule has 1 aliphatic heterocycles. The van der Waals surface area contributed by atoms with Gasteiger partial charge in [-0.25, -0.2) is 0 Å². The SMILES string of the molecule is CCC1(OC(=O)C2(C(C)NC)N[I-]2)CC2CCC1(C)C2(C)C. The molecule has 0 aromatic heterocycles. The number of fused-ring (bicyclic) bond motifs is 2. The minimum atomic E-state index is -0.405. The second-order valence-electron chi connectivity index (χ2n) is 8.14. The van der Waals surface area contributed by atoms with E-state index < -0.39 is 3.55 Å². The van der Waals surface area contributed by atoms with Crippen LogP contribution in [0, 0.1) is 16.7 Å². The van der Waals surface area contributed by atoms with Crippen molar-refractivity contribution in [3.8, 4) is 0 Å². The van der Waals surface area contributed by atoms with Crippen molar-refractivity contribution in [3.05, 3.63) is 0 Å². The second-order valence-corrected chi connectivity index (χ2v) is 10.9. The predicted octanol–water partition coefficient (Wildman–Crippen LogP) is -0.564. The van der Waals surface area contributed by atoms with Crippen molar-refractivity contribution >= 4 is 5.97 Å². The minimum absolute atomic E-state index is 0.00595. The number of hydrogen-bond acceptors (Lipinski definition) is 4. The van der Waals surface area contributed by atoms with E-state index in [0.717, 1.165) is 12.8 Å². The Kier molecular flexibility index (Phi) is 3.90. The van der Waals surface area contributed by atoms with Crippen molar-refractivity contribution in [1.29, 1.82) is 0 Å². The summed E-state index contributed by atoms with van der Waals surface area (Å²) in [4.78, 5) is 13.0. The van der Waals surface area contributed by atoms with Gasteiger partial charge in [-0.05, 0) is 0 Å². The standard InChI is InChI=1S/C17H30IN2O2/c1-7-16(10-12-8-9-15(16,5)14(12,3)4)22-13(21)17(18-20-17)11(2)19-6/h11-12,19-20H,7-10H2,1-6H3/q-1. The molecule has 0 aromatic carbocycles. The maximum absolute atomic E-state index is 13.0. The van der Waals surface area contributed by atoms with Crippen molar-refractivity contribution in [1.82, 2.24) is 8.85 Å². The van der Waals surface area contributed by atoms with E-state index in [1.165, 1.54) is 12.8 Å². The van der Waals surface area contributed by atoms with Crippen LogP contribution < -0.4 is 30.3 Å². The zero-order valence-electron chi connectivity index (χ0n) is 14.7. The summed E-state index contributed by atoms with van der Waals surface area (Å²) in [6.07, 6.45) is 4.44. The number of ether oxygens (including phenoxy) is 1. The molecule has 5 unspecified atom stereocenters. The van der Waals surface area contributed by atoms with Gasteiger partial charge in [-0.1, -0.05) is 0 Å². The van der Waals surface area contributed by atoms with Crippen LogP contribution >= 0.6 is 0 Å². The first kappa shape index (κ1) is 17.0. The number of carbonyl (C=O) groups excluding carboxylic acids is 1. The molecule has 0 radical (unpaired) electrons. The number of nitrogens with one attached hydrogen (secondary N) is 2. The first-order valence-corrected chi connectivity index (χ1v) is 10.7. The van der Waals surface area contributed by atoms with Gasteiger partial charge in [0.1, 0.15) is 0 Å². The van der Waals surface area contributed by atoms with Crippen LogP contribution in [0.1, 0.15) is 60.3 Å². The Morgan fingerprint density at radius 2 is 2.09 bits per heavy atom. The van der Waals surface area contributed by atoms with Crippen molar-refractivity contribution < 1.29 is 31.0 Å². The van der Waals surface area contributed by atoms with Gasteiger partial charge in [0, 0.05) is 0 Å². The molecule has 3 rings (SSSR count). The van der Waals surface area contributed by atoms with E-state index in [1.807, 2.05) is 7.05 Å². The average Bonchev–Trinajstić information content (AvgIpc) is 3.23. The average molecular weight is 421 g/mol. The van der Waals surface area contributed by atoms with E-state index in [0.29, 0.717) is 5.92 Å². The molecule has 1 heterocycles. The zero-order valence-corrected chi connectivity index (χ0v) is 16.8. The molecular weight excluding hydrogens is 391 g/mol. The van der Waals surface area contributed by atoms with E-state index in [2.05, 4.69) is 43.5 Å². The Morgan fingerprint density at radius 1 is 1.45 bits per heavy atom. The summed E-state index contributed by atoms with van der Waals surface area (Å²) in [6.45, 7) is 11.4. The Hall–Kier alpha value is 0.120. The summed E-state index contributed by atoms with van der Waals surface area (Å²) in [5, 5.41) is 3.23. The van der Waals surface area contributed by atoms with Crippen LogP contribution in [0.2, 0.25) is 0 Å². The molecular formula is C17H30IN2O2-. The molecule has 3 fully saturated rings. The monoisotopic (exact) mass is 421 g/mol. The molecule has 3 aliphatic rings. The van der Waals surface area contributed by atoms with Gasteiger partial charge in [0.15, 0.2) is 0 Å². The van der Waals surface area contributed by atoms with Gasteiger partial charge in [-0.15, -0.1) is 0 Å². The third kappa shape index (κ3) is 1.91. The van der Waals surface area contributed by atoms with E-state index in [1.54, 1.807) is 0 Å². The number of halogens is 1. The third-order valence-electron chi connectivity index (χ3n) is 7.50. The molecule has 2 bridgehead atoms. The van der Waals surface area contributed by atoms with E-state index in [-0.39, 0.29) is 49.9 Å². The van der Waals surface area contributed by atoms with Crippen LogP contribution in [0.5, 0.6) is 0 Å².